The summed E-state index contributed by atoms with van der Waals surface area (Å²) in [5, 5.41) is 0. The van der Waals surface area contributed by atoms with Gasteiger partial charge < -0.3 is 9.47 Å². The van der Waals surface area contributed by atoms with Crippen LogP contribution in [0, 0.1) is 0 Å². The van der Waals surface area contributed by atoms with Crippen molar-refractivity contribution in [1.82, 2.24) is 4.81 Å². The molecule has 14 heavy (non-hydrogen) atoms. The van der Waals surface area contributed by atoms with Crippen LogP contribution in [-0.2, 0) is 4.65 Å². The fraction of sp³-hybridized carbons (Fsp3) is 0.455. The van der Waals surface area contributed by atoms with Gasteiger partial charge in [-0.1, -0.05) is 37.3 Å². The van der Waals surface area contributed by atoms with Crippen LogP contribution in [0.25, 0.3) is 0 Å². The van der Waals surface area contributed by atoms with Gasteiger partial charge in [0.05, 0.1) is 6.10 Å². The first-order valence-electron chi connectivity index (χ1n) is 5.12. The van der Waals surface area contributed by atoms with Gasteiger partial charge in [-0.15, -0.1) is 0 Å². The molecule has 0 aliphatic carbocycles. The van der Waals surface area contributed by atoms with Crippen LogP contribution in [0.1, 0.15) is 25.5 Å². The third-order valence-corrected chi connectivity index (χ3v) is 2.80. The average molecular weight is 188 g/mol. The molecule has 0 amide bonds. The Morgan fingerprint density at radius 2 is 2.07 bits per heavy atom. The van der Waals surface area contributed by atoms with Crippen molar-refractivity contribution in [2.24, 2.45) is 0 Å². The zero-order chi connectivity index (χ0) is 9.97. The van der Waals surface area contributed by atoms with Crippen LogP contribution in [0.5, 0.6) is 0 Å². The van der Waals surface area contributed by atoms with Crippen molar-refractivity contribution in [3.05, 3.63) is 35.9 Å². The molecule has 1 aromatic carbocycles. The largest absolute Gasteiger partial charge is 0.415 e. The molecule has 0 unspecified atom stereocenters. The number of rotatable bonds is 2. The first kappa shape index (κ1) is 9.75. The van der Waals surface area contributed by atoms with Crippen molar-refractivity contribution < 1.29 is 4.65 Å². The molecule has 0 bridgehead atoms. The molecule has 1 radical (unpaired) electrons. The Bertz CT molecular complexity index is 291. The van der Waals surface area contributed by atoms with E-state index in [9.17, 15) is 0 Å². The van der Waals surface area contributed by atoms with Crippen molar-refractivity contribution in [3.63, 3.8) is 0 Å². The highest BCUT2D eigenvalue weighted by Crippen LogP contribution is 2.28. The Balaban J connectivity index is 2.14. The second-order valence-corrected chi connectivity index (χ2v) is 3.64. The minimum atomic E-state index is 0.191. The summed E-state index contributed by atoms with van der Waals surface area (Å²) in [5.41, 5.74) is 1.26. The van der Waals surface area contributed by atoms with E-state index in [-0.39, 0.29) is 6.10 Å². The Labute approximate surface area is 86.2 Å². The van der Waals surface area contributed by atoms with Gasteiger partial charge in [0.1, 0.15) is 0 Å². The number of nitrogens with zero attached hydrogens (tertiary/aromatic N) is 1. The molecule has 73 valence electrons. The van der Waals surface area contributed by atoms with Gasteiger partial charge in [0.2, 0.25) is 0 Å². The molecule has 2 nitrogen and oxygen atoms in total. The maximum absolute atomic E-state index is 5.66. The molecule has 1 aliphatic rings. The number of hydrogen-bond acceptors (Lipinski definition) is 2. The molecule has 1 aromatic rings. The zero-order valence-corrected chi connectivity index (χ0v) is 8.68. The zero-order valence-electron chi connectivity index (χ0n) is 8.68. The number of benzene rings is 1. The molecule has 1 fully saturated rings. The molecule has 1 aliphatic heterocycles. The Hall–Kier alpha value is -0.795. The van der Waals surface area contributed by atoms with Crippen LogP contribution in [0.15, 0.2) is 30.3 Å². The van der Waals surface area contributed by atoms with E-state index in [1.165, 1.54) is 5.56 Å². The van der Waals surface area contributed by atoms with Gasteiger partial charge in [0.15, 0.2) is 0 Å². The SMILES string of the molecule is CCN1[B]O[C@H](c2ccccc2)[C@@H]1C. The van der Waals surface area contributed by atoms with Gasteiger partial charge in [-0.2, -0.15) is 0 Å². The summed E-state index contributed by atoms with van der Waals surface area (Å²) in [5.74, 6) is 0. The summed E-state index contributed by atoms with van der Waals surface area (Å²) < 4.78 is 5.66. The lowest BCUT2D eigenvalue weighted by Crippen LogP contribution is -2.30. The molecule has 2 atom stereocenters. The minimum absolute atomic E-state index is 0.191. The fourth-order valence-electron chi connectivity index (χ4n) is 1.89. The Morgan fingerprint density at radius 1 is 1.36 bits per heavy atom. The van der Waals surface area contributed by atoms with Gasteiger partial charge in [0.25, 0.3) is 0 Å². The van der Waals surface area contributed by atoms with E-state index in [0.29, 0.717) is 6.04 Å². The lowest BCUT2D eigenvalue weighted by molar-refractivity contribution is 0.209. The highest BCUT2D eigenvalue weighted by Gasteiger charge is 2.32. The van der Waals surface area contributed by atoms with Gasteiger partial charge in [0, 0.05) is 6.04 Å². The lowest BCUT2D eigenvalue weighted by atomic mass is 10.0. The topological polar surface area (TPSA) is 12.5 Å². The van der Waals surface area contributed by atoms with Gasteiger partial charge in [-0.3, -0.25) is 0 Å². The van der Waals surface area contributed by atoms with E-state index in [0.717, 1.165) is 6.54 Å². The van der Waals surface area contributed by atoms with Gasteiger partial charge in [-0.25, -0.2) is 0 Å². The summed E-state index contributed by atoms with van der Waals surface area (Å²) in [6.45, 7) is 5.35. The quantitative estimate of drug-likeness (QED) is 0.658. The second kappa shape index (κ2) is 4.15. The Kier molecular flexibility index (Phi) is 2.89. The summed E-state index contributed by atoms with van der Waals surface area (Å²) in [6.07, 6.45) is 0.191. The van der Waals surface area contributed by atoms with E-state index in [2.05, 4.69) is 42.9 Å². The number of hydrogen-bond donors (Lipinski definition) is 0. The van der Waals surface area contributed by atoms with Gasteiger partial charge >= 0.3 is 7.62 Å². The van der Waals surface area contributed by atoms with Crippen molar-refractivity contribution in [3.8, 4) is 0 Å². The van der Waals surface area contributed by atoms with Gasteiger partial charge in [-0.05, 0) is 19.0 Å². The van der Waals surface area contributed by atoms with Crippen molar-refractivity contribution >= 4 is 7.62 Å². The van der Waals surface area contributed by atoms with Crippen molar-refractivity contribution in [1.29, 1.82) is 0 Å². The van der Waals surface area contributed by atoms with E-state index in [4.69, 9.17) is 4.65 Å². The van der Waals surface area contributed by atoms with E-state index in [1.807, 2.05) is 13.7 Å². The minimum Gasteiger partial charge on any atom is -0.415 e. The van der Waals surface area contributed by atoms with Crippen LogP contribution in [0.2, 0.25) is 0 Å². The highest BCUT2D eigenvalue weighted by atomic mass is 16.5. The molecule has 1 heterocycles. The van der Waals surface area contributed by atoms with Crippen LogP contribution >= 0.6 is 0 Å². The molecule has 1 saturated heterocycles. The lowest BCUT2D eigenvalue weighted by Gasteiger charge is -2.21. The molecule has 2 rings (SSSR count). The fourth-order valence-corrected chi connectivity index (χ4v) is 1.89. The summed E-state index contributed by atoms with van der Waals surface area (Å²) in [7, 11) is 1.85. The van der Waals surface area contributed by atoms with E-state index < -0.39 is 0 Å². The third kappa shape index (κ3) is 1.70. The molecule has 0 N–H and O–H groups in total. The van der Waals surface area contributed by atoms with Crippen molar-refractivity contribution in [2.75, 3.05) is 6.54 Å². The Morgan fingerprint density at radius 3 is 2.64 bits per heavy atom. The molecule has 3 heteroatoms. The predicted octanol–water partition coefficient (Wildman–Crippen LogP) is 2.00. The maximum Gasteiger partial charge on any atom is 0.399 e. The number of likely N-dealkylation sites (N-methyl/N-ethyl adjacent to an activating group) is 1. The van der Waals surface area contributed by atoms with Crippen molar-refractivity contribution in [2.45, 2.75) is 26.0 Å². The third-order valence-electron chi connectivity index (χ3n) is 2.80. The van der Waals surface area contributed by atoms with Crippen LogP contribution in [0.3, 0.4) is 0 Å². The first-order chi connectivity index (χ1) is 6.83. The first-order valence-corrected chi connectivity index (χ1v) is 5.12. The summed E-state index contributed by atoms with van der Waals surface area (Å²) >= 11 is 0. The molecular weight excluding hydrogens is 173 g/mol. The molecule has 0 spiro atoms. The molecule has 0 aromatic heterocycles. The van der Waals surface area contributed by atoms with Crippen LogP contribution < -0.4 is 0 Å². The standard InChI is InChI=1S/C11H15BNO/c1-3-13-9(2)11(14-12-13)10-7-5-4-6-8-10/h4-9,11H,3H2,1-2H3/t9-,11-/m0/s1. The van der Waals surface area contributed by atoms with Crippen LogP contribution in [0.4, 0.5) is 0 Å². The predicted molar refractivity (Wildman–Crippen MR) is 57.9 cm³/mol. The smallest absolute Gasteiger partial charge is 0.399 e. The monoisotopic (exact) mass is 188 g/mol. The highest BCUT2D eigenvalue weighted by molar-refractivity contribution is 6.24. The second-order valence-electron chi connectivity index (χ2n) is 3.64. The molecular formula is C11H15BNO. The maximum atomic E-state index is 5.66. The summed E-state index contributed by atoms with van der Waals surface area (Å²) in [6, 6.07) is 10.8. The molecule has 0 saturated carbocycles. The van der Waals surface area contributed by atoms with E-state index in [1.54, 1.807) is 0 Å². The average Bonchev–Trinajstić information content (AvgIpc) is 2.61. The normalized spacial score (nSPS) is 27.6. The van der Waals surface area contributed by atoms with E-state index >= 15 is 0 Å². The van der Waals surface area contributed by atoms with Crippen LogP contribution in [-0.4, -0.2) is 25.0 Å². The summed E-state index contributed by atoms with van der Waals surface area (Å²) in [4.78, 5) is 2.22.